The van der Waals surface area contributed by atoms with Gasteiger partial charge in [-0.25, -0.2) is 8.42 Å². The lowest BCUT2D eigenvalue weighted by Gasteiger charge is -2.38. The zero-order valence-electron chi connectivity index (χ0n) is 19.8. The molecule has 1 spiro atoms. The highest BCUT2D eigenvalue weighted by molar-refractivity contribution is 7.89. The monoisotopic (exact) mass is 537 g/mol. The van der Waals surface area contributed by atoms with Crippen molar-refractivity contribution in [3.8, 4) is 0 Å². The number of nitrogens with zero attached hydrogens (tertiary/aromatic N) is 2. The Morgan fingerprint density at radius 2 is 1.78 bits per heavy atom. The third kappa shape index (κ3) is 5.23. The van der Waals surface area contributed by atoms with E-state index in [0.29, 0.717) is 18.7 Å². The van der Waals surface area contributed by atoms with Gasteiger partial charge in [0, 0.05) is 31.7 Å². The molecular weight excluding hydrogens is 511 g/mol. The van der Waals surface area contributed by atoms with Crippen molar-refractivity contribution in [3.05, 3.63) is 65.2 Å². The molecule has 2 aromatic carbocycles. The molecule has 5 rings (SSSR count). The molecule has 0 aromatic heterocycles. The van der Waals surface area contributed by atoms with Crippen LogP contribution in [0.1, 0.15) is 34.3 Å². The molecule has 1 atom stereocenters. The summed E-state index contributed by atoms with van der Waals surface area (Å²) in [5, 5.41) is 2.65. The van der Waals surface area contributed by atoms with E-state index < -0.39 is 39.6 Å². The zero-order valence-corrected chi connectivity index (χ0v) is 20.6. The van der Waals surface area contributed by atoms with E-state index in [4.69, 9.17) is 4.74 Å². The first-order valence-corrected chi connectivity index (χ1v) is 13.4. The lowest BCUT2D eigenvalue weighted by Crippen LogP contribution is -2.55. The number of ether oxygens (including phenoxy) is 1. The van der Waals surface area contributed by atoms with Crippen LogP contribution < -0.4 is 5.32 Å². The number of carbonyl (C=O) groups excluding carboxylic acids is 2. The maximum Gasteiger partial charge on any atom is 0.416 e. The average molecular weight is 538 g/mol. The molecule has 3 aliphatic rings. The number of halogens is 3. The second-order valence-corrected chi connectivity index (χ2v) is 11.7. The van der Waals surface area contributed by atoms with Crippen LogP contribution in [0.4, 0.5) is 13.2 Å². The first-order valence-electron chi connectivity index (χ1n) is 11.9. The van der Waals surface area contributed by atoms with Gasteiger partial charge in [0.2, 0.25) is 15.9 Å². The molecular formula is C25H26F3N3O5S. The van der Waals surface area contributed by atoms with Gasteiger partial charge in [-0.1, -0.05) is 18.2 Å². The van der Waals surface area contributed by atoms with E-state index in [0.717, 1.165) is 25.0 Å². The molecule has 12 heteroatoms. The molecule has 1 aliphatic carbocycles. The quantitative estimate of drug-likeness (QED) is 0.612. The van der Waals surface area contributed by atoms with E-state index in [1.54, 1.807) is 0 Å². The lowest BCUT2D eigenvalue weighted by molar-refractivity contribution is -0.137. The highest BCUT2D eigenvalue weighted by Gasteiger charge is 2.56. The molecule has 1 unspecified atom stereocenters. The maximum absolute atomic E-state index is 13.3. The van der Waals surface area contributed by atoms with E-state index in [1.807, 2.05) is 0 Å². The van der Waals surface area contributed by atoms with E-state index >= 15 is 0 Å². The summed E-state index contributed by atoms with van der Waals surface area (Å²) in [4.78, 5) is 27.6. The van der Waals surface area contributed by atoms with Crippen molar-refractivity contribution in [2.24, 2.45) is 5.41 Å². The first-order chi connectivity index (χ1) is 17.5. The van der Waals surface area contributed by atoms with Crippen molar-refractivity contribution in [3.63, 3.8) is 0 Å². The number of hydrogen-bond donors (Lipinski definition) is 1. The molecule has 0 radical (unpaired) electrons. The fourth-order valence-corrected chi connectivity index (χ4v) is 6.36. The smallest absolute Gasteiger partial charge is 0.377 e. The van der Waals surface area contributed by atoms with Crippen molar-refractivity contribution in [1.29, 1.82) is 0 Å². The lowest BCUT2D eigenvalue weighted by atomic mass is 10.0. The second-order valence-electron chi connectivity index (χ2n) is 9.80. The minimum atomic E-state index is -4.45. The summed E-state index contributed by atoms with van der Waals surface area (Å²) < 4.78 is 71.1. The molecule has 2 heterocycles. The topological polar surface area (TPSA) is 96.0 Å². The fraction of sp³-hybridized carbons (Fsp3) is 0.440. The minimum Gasteiger partial charge on any atom is -0.377 e. The first kappa shape index (κ1) is 25.7. The normalized spacial score (nSPS) is 21.4. The fourth-order valence-electron chi connectivity index (χ4n) is 4.65. The Bertz CT molecular complexity index is 1300. The third-order valence-corrected chi connectivity index (χ3v) is 8.93. The van der Waals surface area contributed by atoms with Gasteiger partial charge < -0.3 is 15.0 Å². The van der Waals surface area contributed by atoms with Crippen LogP contribution >= 0.6 is 0 Å². The van der Waals surface area contributed by atoms with Gasteiger partial charge in [0.1, 0.15) is 6.04 Å². The van der Waals surface area contributed by atoms with Crippen LogP contribution in [0.15, 0.2) is 53.4 Å². The van der Waals surface area contributed by atoms with Crippen LogP contribution in [0.25, 0.3) is 0 Å². The molecule has 37 heavy (non-hydrogen) atoms. The minimum absolute atomic E-state index is 0.0272. The van der Waals surface area contributed by atoms with Gasteiger partial charge >= 0.3 is 6.18 Å². The summed E-state index contributed by atoms with van der Waals surface area (Å²) in [5.41, 5.74) is -0.0293. The molecule has 1 N–H and O–H groups in total. The zero-order chi connectivity index (χ0) is 26.4. The molecule has 3 fully saturated rings. The second kappa shape index (κ2) is 9.41. The Hall–Kier alpha value is -2.96. The highest BCUT2D eigenvalue weighted by Crippen LogP contribution is 2.54. The van der Waals surface area contributed by atoms with E-state index in [2.05, 4.69) is 5.32 Å². The molecule has 2 saturated heterocycles. The summed E-state index contributed by atoms with van der Waals surface area (Å²) in [6, 6.07) is 9.26. The number of alkyl halides is 3. The van der Waals surface area contributed by atoms with Crippen LogP contribution in [0.5, 0.6) is 0 Å². The predicted octanol–water partition coefficient (Wildman–Crippen LogP) is 2.65. The Morgan fingerprint density at radius 3 is 2.43 bits per heavy atom. The summed E-state index contributed by atoms with van der Waals surface area (Å²) in [7, 11) is -3.71. The number of sulfonamides is 1. The number of morpholine rings is 1. The summed E-state index contributed by atoms with van der Waals surface area (Å²) in [5.74, 6) is -1.02. The maximum atomic E-state index is 13.3. The molecule has 8 nitrogen and oxygen atoms in total. The third-order valence-electron chi connectivity index (χ3n) is 7.14. The highest BCUT2D eigenvalue weighted by atomic mass is 32.2. The molecule has 2 aromatic rings. The number of benzene rings is 2. The van der Waals surface area contributed by atoms with Crippen molar-refractivity contribution in [2.75, 3.05) is 32.8 Å². The predicted molar refractivity (Wildman–Crippen MR) is 126 cm³/mol. The van der Waals surface area contributed by atoms with Crippen molar-refractivity contribution < 1.29 is 35.9 Å². The molecule has 2 aliphatic heterocycles. The summed E-state index contributed by atoms with van der Waals surface area (Å²) in [6.45, 7) is 1.25. The van der Waals surface area contributed by atoms with Crippen LogP contribution in [0, 0.1) is 5.41 Å². The van der Waals surface area contributed by atoms with Crippen LogP contribution in [-0.2, 0) is 32.3 Å². The average Bonchev–Trinajstić information content (AvgIpc) is 3.67. The van der Waals surface area contributed by atoms with Crippen molar-refractivity contribution >= 4 is 21.8 Å². The number of carbonyl (C=O) groups is 2. The van der Waals surface area contributed by atoms with Crippen LogP contribution in [-0.4, -0.2) is 68.3 Å². The summed E-state index contributed by atoms with van der Waals surface area (Å²) >= 11 is 0. The number of rotatable bonds is 6. The van der Waals surface area contributed by atoms with Crippen molar-refractivity contribution in [1.82, 2.24) is 14.5 Å². The number of nitrogens with one attached hydrogen (secondary N) is 1. The van der Waals surface area contributed by atoms with Gasteiger partial charge in [-0.2, -0.15) is 17.5 Å². The van der Waals surface area contributed by atoms with Gasteiger partial charge in [0.15, 0.2) is 0 Å². The van der Waals surface area contributed by atoms with Gasteiger partial charge in [0.25, 0.3) is 5.91 Å². The Morgan fingerprint density at radius 1 is 1.08 bits per heavy atom. The Labute approximate surface area is 212 Å². The van der Waals surface area contributed by atoms with Crippen LogP contribution in [0.3, 0.4) is 0 Å². The Kier molecular flexibility index (Phi) is 6.53. The van der Waals surface area contributed by atoms with Crippen molar-refractivity contribution in [2.45, 2.75) is 36.5 Å². The van der Waals surface area contributed by atoms with E-state index in [-0.39, 0.29) is 42.2 Å². The largest absolute Gasteiger partial charge is 0.416 e. The molecule has 1 saturated carbocycles. The SMILES string of the molecule is O=C(NCc1ccc(C(F)(F)F)cc1)C1COCCN1C(=O)c1cccc(S(=O)(=O)N2CC3(CC3)C2)c1. The van der Waals surface area contributed by atoms with Gasteiger partial charge in [-0.3, -0.25) is 9.59 Å². The Balaban J connectivity index is 1.26. The van der Waals surface area contributed by atoms with Gasteiger partial charge in [-0.05, 0) is 54.2 Å². The number of amides is 2. The molecule has 2 amide bonds. The van der Waals surface area contributed by atoms with E-state index in [1.165, 1.54) is 45.6 Å². The van der Waals surface area contributed by atoms with Crippen LogP contribution in [0.2, 0.25) is 0 Å². The molecule has 0 bridgehead atoms. The summed E-state index contributed by atoms with van der Waals surface area (Å²) in [6.07, 6.45) is -2.37. The van der Waals surface area contributed by atoms with Gasteiger partial charge in [0.05, 0.1) is 23.7 Å². The van der Waals surface area contributed by atoms with E-state index in [9.17, 15) is 31.2 Å². The standard InChI is InChI=1S/C25H26F3N3O5S/c26-25(27,28)19-6-4-17(5-7-19)13-29-22(32)21-14-36-11-10-31(21)23(33)18-2-1-3-20(12-18)37(34,35)30-15-24(16-30)8-9-24/h1-7,12,21H,8-11,13-16H2,(H,29,32). The number of hydrogen-bond acceptors (Lipinski definition) is 5. The van der Waals surface area contributed by atoms with Gasteiger partial charge in [-0.15, -0.1) is 0 Å². The molecule has 198 valence electrons.